The smallest absolute Gasteiger partial charge is 0.0782 e. The van der Waals surface area contributed by atoms with Crippen molar-refractivity contribution in [3.8, 4) is 0 Å². The Hall–Kier alpha value is -0.400. The summed E-state index contributed by atoms with van der Waals surface area (Å²) in [5.74, 6) is 0. The minimum Gasteiger partial charge on any atom is -0.330 e. The summed E-state index contributed by atoms with van der Waals surface area (Å²) in [6.45, 7) is 19.7. The van der Waals surface area contributed by atoms with E-state index in [9.17, 15) is 0 Å². The fourth-order valence-electron chi connectivity index (χ4n) is 6.98. The second-order valence-corrected chi connectivity index (χ2v) is 16.5. The fraction of sp³-hybridized carbons (Fsp3) is 1.00. The van der Waals surface area contributed by atoms with Crippen LogP contribution in [-0.4, -0.2) is 165 Å². The molecule has 50 heavy (non-hydrogen) atoms. The van der Waals surface area contributed by atoms with Crippen LogP contribution in [0.15, 0.2) is 0 Å². The molecule has 0 aliphatic carbocycles. The normalized spacial score (nSPS) is 12.6. The summed E-state index contributed by atoms with van der Waals surface area (Å²) < 4.78 is 2.37. The summed E-state index contributed by atoms with van der Waals surface area (Å²) in [7, 11) is 9.75. The van der Waals surface area contributed by atoms with Crippen molar-refractivity contribution < 1.29 is 8.97 Å². The lowest BCUT2D eigenvalue weighted by atomic mass is 10.1. The molecule has 0 aromatic carbocycles. The number of hydrogen-bond donors (Lipinski definition) is 6. The minimum atomic E-state index is 0.778. The molecule has 0 amide bonds. The molecular weight excluding hydrogens is 621 g/mol. The van der Waals surface area contributed by atoms with Gasteiger partial charge in [-0.3, -0.25) is 0 Å². The van der Waals surface area contributed by atoms with Crippen LogP contribution >= 0.6 is 0 Å². The molecule has 0 aliphatic heterocycles. The lowest BCUT2D eigenvalue weighted by molar-refractivity contribution is -0.891. The van der Waals surface area contributed by atoms with Crippen LogP contribution in [-0.2, 0) is 0 Å². The van der Waals surface area contributed by atoms with E-state index in [1.807, 2.05) is 0 Å². The summed E-state index contributed by atoms with van der Waals surface area (Å²) in [4.78, 5) is 5.05. The summed E-state index contributed by atoms with van der Waals surface area (Å²) in [5.41, 5.74) is 22.8. The largest absolute Gasteiger partial charge is 0.330 e. The predicted molar refractivity (Wildman–Crippen MR) is 222 cm³/mol. The van der Waals surface area contributed by atoms with Gasteiger partial charge in [0, 0.05) is 0 Å². The highest BCUT2D eigenvalue weighted by Crippen LogP contribution is 2.12. The second-order valence-electron chi connectivity index (χ2n) is 16.5. The number of unbranched alkanes of at least 4 members (excludes halogenated alkanes) is 9. The van der Waals surface area contributed by atoms with Crippen molar-refractivity contribution in [3.05, 3.63) is 0 Å². The Kier molecular flexibility index (Phi) is 35.3. The Labute approximate surface area is 313 Å². The van der Waals surface area contributed by atoms with Crippen LogP contribution < -0.4 is 33.6 Å². The molecule has 10 N–H and O–H groups in total. The van der Waals surface area contributed by atoms with E-state index in [4.69, 9.17) is 22.9 Å². The highest BCUT2D eigenvalue weighted by molar-refractivity contribution is 4.62. The average Bonchev–Trinajstić information content (AvgIpc) is 3.09. The number of nitrogens with one attached hydrogen (secondary N) is 2. The van der Waals surface area contributed by atoms with E-state index >= 15 is 0 Å². The molecule has 0 aliphatic rings. The molecule has 10 nitrogen and oxygen atoms in total. The van der Waals surface area contributed by atoms with Crippen molar-refractivity contribution in [3.63, 3.8) is 0 Å². The van der Waals surface area contributed by atoms with Gasteiger partial charge >= 0.3 is 0 Å². The van der Waals surface area contributed by atoms with Gasteiger partial charge in [-0.2, -0.15) is 0 Å². The van der Waals surface area contributed by atoms with E-state index in [0.717, 1.165) is 117 Å². The van der Waals surface area contributed by atoms with Gasteiger partial charge in [0.05, 0.1) is 54.4 Å². The highest BCUT2D eigenvalue weighted by atomic mass is 15.3. The molecule has 0 saturated carbocycles. The van der Waals surface area contributed by atoms with Crippen molar-refractivity contribution in [1.29, 1.82) is 0 Å². The van der Waals surface area contributed by atoms with Crippen LogP contribution in [0.3, 0.4) is 0 Å². The first-order chi connectivity index (χ1) is 24.2. The Bertz CT molecular complexity index is 607. The Morgan fingerprint density at radius 2 is 0.560 bits per heavy atom. The maximum Gasteiger partial charge on any atom is 0.0782 e. The molecule has 0 unspecified atom stereocenters. The topological polar surface area (TPSA) is 135 Å². The maximum absolute atomic E-state index is 5.70. The zero-order valence-electron chi connectivity index (χ0n) is 34.6. The van der Waals surface area contributed by atoms with Crippen molar-refractivity contribution in [1.82, 2.24) is 20.4 Å². The van der Waals surface area contributed by atoms with Gasteiger partial charge in [0.2, 0.25) is 0 Å². The van der Waals surface area contributed by atoms with E-state index in [0.29, 0.717) is 0 Å². The lowest BCUT2D eigenvalue weighted by Crippen LogP contribution is -2.41. The van der Waals surface area contributed by atoms with Crippen molar-refractivity contribution in [2.24, 2.45) is 22.9 Å². The fourth-order valence-corrected chi connectivity index (χ4v) is 6.98. The molecule has 0 rings (SSSR count). The van der Waals surface area contributed by atoms with Crippen LogP contribution in [0.1, 0.15) is 116 Å². The lowest BCUT2D eigenvalue weighted by Gasteiger charge is -2.31. The Morgan fingerprint density at radius 1 is 0.320 bits per heavy atom. The number of nitrogens with zero attached hydrogens (tertiary/aromatic N) is 4. The van der Waals surface area contributed by atoms with Crippen molar-refractivity contribution in [2.45, 2.75) is 116 Å². The summed E-state index contributed by atoms with van der Waals surface area (Å²) >= 11 is 0. The van der Waals surface area contributed by atoms with Gasteiger partial charge in [-0.05, 0) is 194 Å². The van der Waals surface area contributed by atoms with Gasteiger partial charge in [-0.1, -0.05) is 12.8 Å². The van der Waals surface area contributed by atoms with E-state index in [-0.39, 0.29) is 0 Å². The molecule has 0 spiro atoms. The van der Waals surface area contributed by atoms with Crippen LogP contribution in [0.4, 0.5) is 0 Å². The minimum absolute atomic E-state index is 0.778. The molecular formula is C40H94N10+2. The molecule has 0 fully saturated rings. The third-order valence-electron chi connectivity index (χ3n) is 10.4. The van der Waals surface area contributed by atoms with E-state index in [1.54, 1.807) is 0 Å². The number of hydrogen-bond acceptors (Lipinski definition) is 8. The van der Waals surface area contributed by atoms with E-state index in [2.05, 4.69) is 48.6 Å². The monoisotopic (exact) mass is 715 g/mol. The quantitative estimate of drug-likeness (QED) is 0.0417. The molecule has 0 aromatic rings. The zero-order chi connectivity index (χ0) is 37.0. The van der Waals surface area contributed by atoms with Crippen LogP contribution in [0.2, 0.25) is 0 Å². The highest BCUT2D eigenvalue weighted by Gasteiger charge is 2.16. The van der Waals surface area contributed by atoms with Crippen LogP contribution in [0.25, 0.3) is 0 Å². The molecule has 302 valence electrons. The first-order valence-corrected chi connectivity index (χ1v) is 21.5. The van der Waals surface area contributed by atoms with Gasteiger partial charge < -0.3 is 52.3 Å². The second kappa shape index (κ2) is 35.6. The van der Waals surface area contributed by atoms with Gasteiger partial charge in [0.1, 0.15) is 0 Å². The number of nitrogens with two attached hydrogens (primary N) is 4. The molecule has 10 heteroatoms. The summed E-state index contributed by atoms with van der Waals surface area (Å²) in [6.07, 6.45) is 23.0. The van der Waals surface area contributed by atoms with Crippen molar-refractivity contribution in [2.75, 3.05) is 146 Å². The maximum atomic E-state index is 5.70. The Morgan fingerprint density at radius 3 is 0.840 bits per heavy atom. The zero-order valence-corrected chi connectivity index (χ0v) is 34.6. The third-order valence-corrected chi connectivity index (χ3v) is 10.4. The number of quaternary nitrogens is 2. The van der Waals surface area contributed by atoms with Gasteiger partial charge in [0.15, 0.2) is 0 Å². The molecule has 0 bridgehead atoms. The average molecular weight is 715 g/mol. The van der Waals surface area contributed by atoms with Crippen LogP contribution in [0, 0.1) is 0 Å². The summed E-state index contributed by atoms with van der Waals surface area (Å²) in [5, 5.41) is 7.32. The first kappa shape index (κ1) is 49.6. The number of rotatable bonds is 41. The molecule has 0 radical (unpaired) electrons. The van der Waals surface area contributed by atoms with Crippen molar-refractivity contribution >= 4 is 0 Å². The Balaban J connectivity index is 3.67. The van der Waals surface area contributed by atoms with Gasteiger partial charge in [-0.15, -0.1) is 0 Å². The third kappa shape index (κ3) is 34.7. The molecule has 0 atom stereocenters. The van der Waals surface area contributed by atoms with Gasteiger partial charge in [0.25, 0.3) is 0 Å². The first-order valence-electron chi connectivity index (χ1n) is 21.5. The van der Waals surface area contributed by atoms with E-state index < -0.39 is 0 Å². The van der Waals surface area contributed by atoms with E-state index in [1.165, 1.54) is 125 Å². The standard InChI is InChI=1S/C40H94N10/c1-49(2,37-13-7-5-11-27-45-29-21-35-47(31-17-23-41)32-18-24-42)39-15-9-10-16-40-50(3,4)38-14-8-6-12-28-46-30-22-36-48(33-19-25-43)34-20-26-44/h45-46H,5-44H2,1-4H3/q+2. The molecule has 0 saturated heterocycles. The predicted octanol–water partition coefficient (Wildman–Crippen LogP) is 3.78. The van der Waals surface area contributed by atoms with Gasteiger partial charge in [-0.25, -0.2) is 0 Å². The SMILES string of the molecule is C[N+](C)(CCCCCCNCCCN(CCCN)CCCN)CCCCCC[N+](C)(C)CCCCCCNCCCN(CCCN)CCCN. The molecule has 0 aromatic heterocycles. The van der Waals surface area contributed by atoms with Crippen LogP contribution in [0.5, 0.6) is 0 Å². The molecule has 0 heterocycles. The summed E-state index contributed by atoms with van der Waals surface area (Å²) in [6, 6.07) is 0.